The number of nitrogens with zero attached hydrogens (tertiary/aromatic N) is 1. The van der Waals surface area contributed by atoms with E-state index >= 15 is 0 Å². The summed E-state index contributed by atoms with van der Waals surface area (Å²) < 4.78 is 5.77. The summed E-state index contributed by atoms with van der Waals surface area (Å²) in [5.74, 6) is -0.229. The molecule has 2 aliphatic rings. The second-order valence-electron chi connectivity index (χ2n) is 8.91. The first kappa shape index (κ1) is 21.3. The molecule has 0 saturated carbocycles. The Bertz CT molecular complexity index is 654. The zero-order chi connectivity index (χ0) is 19.8. The molecule has 0 N–H and O–H groups in total. The van der Waals surface area contributed by atoms with Crippen molar-refractivity contribution >= 4 is 23.6 Å². The molecule has 0 bridgehead atoms. The minimum Gasteiger partial charge on any atom is -0.459 e. The molecular weight excluding hydrogens is 378 g/mol. The van der Waals surface area contributed by atoms with Crippen LogP contribution in [0, 0.1) is 11.3 Å². The monoisotopic (exact) mass is 413 g/mol. The Labute approximate surface area is 173 Å². The summed E-state index contributed by atoms with van der Waals surface area (Å²) in [4.78, 5) is 12.4. The maximum absolute atomic E-state index is 12.4. The Morgan fingerprint density at radius 3 is 2.36 bits per heavy atom. The summed E-state index contributed by atoms with van der Waals surface area (Å²) in [6.45, 7) is 2.31. The van der Waals surface area contributed by atoms with Gasteiger partial charge in [-0.3, -0.25) is 0 Å². The molecule has 0 unspecified atom stereocenters. The van der Waals surface area contributed by atoms with Gasteiger partial charge < -0.3 is 4.74 Å². The van der Waals surface area contributed by atoms with Crippen LogP contribution in [0.3, 0.4) is 0 Å². The predicted octanol–water partition coefficient (Wildman–Crippen LogP) is 5.69. The number of hydrogen-bond acceptors (Lipinski definition) is 3. The second kappa shape index (κ2) is 11.0. The van der Waals surface area contributed by atoms with E-state index in [1.165, 1.54) is 44.2 Å². The number of carbonyl (C=O) groups is 1. The van der Waals surface area contributed by atoms with Crippen LogP contribution in [0.25, 0.3) is 0 Å². The van der Waals surface area contributed by atoms with Crippen molar-refractivity contribution in [3.63, 3.8) is 0 Å². The maximum atomic E-state index is 12.4. The first-order valence-corrected chi connectivity index (χ1v) is 16.2. The van der Waals surface area contributed by atoms with Gasteiger partial charge in [-0.05, 0) is 42.6 Å². The molecule has 0 spiro atoms. The Morgan fingerprint density at radius 1 is 1.07 bits per heavy atom. The lowest BCUT2D eigenvalue weighted by Gasteiger charge is -2.36. The molecule has 2 fully saturated rings. The van der Waals surface area contributed by atoms with Gasteiger partial charge in [-0.15, -0.1) is 0 Å². The Kier molecular flexibility index (Phi) is 8.35. The normalized spacial score (nSPS) is 27.7. The molecule has 0 aromatic heterocycles. The van der Waals surface area contributed by atoms with Gasteiger partial charge in [0.15, 0.2) is 0 Å². The molecule has 3 nitrogen and oxygen atoms in total. The lowest BCUT2D eigenvalue weighted by molar-refractivity contribution is 0.0273. The van der Waals surface area contributed by atoms with Crippen molar-refractivity contribution in [1.29, 1.82) is 5.26 Å². The molecule has 152 valence electrons. The van der Waals surface area contributed by atoms with E-state index in [4.69, 9.17) is 10.00 Å². The molecule has 0 radical (unpaired) electrons. The largest absolute Gasteiger partial charge is 0.459 e. The number of ether oxygens (including phenoxy) is 1. The van der Waals surface area contributed by atoms with Crippen molar-refractivity contribution in [3.05, 3.63) is 35.4 Å². The van der Waals surface area contributed by atoms with E-state index in [-0.39, 0.29) is 12.1 Å². The molecule has 0 atom stereocenters. The van der Waals surface area contributed by atoms with E-state index in [1.807, 2.05) is 0 Å². The summed E-state index contributed by atoms with van der Waals surface area (Å²) >= 11 is 0. The predicted molar refractivity (Wildman–Crippen MR) is 120 cm³/mol. The molecule has 2 aliphatic heterocycles. The lowest BCUT2D eigenvalue weighted by atomic mass is 10.1. The fourth-order valence-electron chi connectivity index (χ4n) is 5.21. The topological polar surface area (TPSA) is 50.1 Å². The van der Waals surface area contributed by atoms with Crippen LogP contribution in [-0.4, -0.2) is 29.7 Å². The van der Waals surface area contributed by atoms with Crippen LogP contribution in [0.1, 0.15) is 67.8 Å². The number of benzene rings is 1. The third-order valence-electron chi connectivity index (χ3n) is 7.02. The van der Waals surface area contributed by atoms with Gasteiger partial charge in [0.25, 0.3) is 0 Å². The van der Waals surface area contributed by atoms with Gasteiger partial charge in [-0.2, -0.15) is 5.26 Å². The van der Waals surface area contributed by atoms with Gasteiger partial charge in [0.1, 0.15) is 6.10 Å². The number of unbranched alkanes of at least 4 members (excludes halogenated alkanes) is 2. The van der Waals surface area contributed by atoms with Gasteiger partial charge in [0, 0.05) is 17.6 Å². The van der Waals surface area contributed by atoms with Crippen molar-refractivity contribution in [2.24, 2.45) is 0 Å². The van der Waals surface area contributed by atoms with Gasteiger partial charge in [-0.25, -0.2) is 4.79 Å². The summed E-state index contributed by atoms with van der Waals surface area (Å²) in [6.07, 6.45) is 9.62. The Balaban J connectivity index is 1.37. The highest BCUT2D eigenvalue weighted by molar-refractivity contribution is 6.63. The zero-order valence-corrected chi connectivity index (χ0v) is 19.7. The van der Waals surface area contributed by atoms with Crippen LogP contribution < -0.4 is 0 Å². The van der Waals surface area contributed by atoms with Crippen molar-refractivity contribution in [3.8, 4) is 6.07 Å². The fraction of sp³-hybridized carbons (Fsp3) is 0.652. The van der Waals surface area contributed by atoms with E-state index in [0.717, 1.165) is 18.4 Å². The van der Waals surface area contributed by atoms with Gasteiger partial charge in [0.05, 0.1) is 17.2 Å². The molecule has 2 heterocycles. The molecule has 0 aliphatic carbocycles. The summed E-state index contributed by atoms with van der Waals surface area (Å²) in [5.41, 5.74) is 2.21. The van der Waals surface area contributed by atoms with Crippen LogP contribution in [0.5, 0.6) is 0 Å². The first-order valence-electron chi connectivity index (χ1n) is 11.4. The summed E-state index contributed by atoms with van der Waals surface area (Å²) in [7, 11) is -1.03. The average molecular weight is 414 g/mol. The summed E-state index contributed by atoms with van der Waals surface area (Å²) in [6, 6.07) is 16.4. The third-order valence-corrected chi connectivity index (χ3v) is 14.7. The molecule has 0 amide bonds. The van der Waals surface area contributed by atoms with E-state index < -0.39 is 17.6 Å². The van der Waals surface area contributed by atoms with Crippen molar-refractivity contribution in [1.82, 2.24) is 0 Å². The quantitative estimate of drug-likeness (QED) is 0.328. The average Bonchev–Trinajstić information content (AvgIpc) is 2.75. The minimum atomic E-state index is -0.642. The Morgan fingerprint density at radius 2 is 1.75 bits per heavy atom. The van der Waals surface area contributed by atoms with Crippen LogP contribution in [-0.2, 0) is 4.74 Å². The fourth-order valence-corrected chi connectivity index (χ4v) is 13.7. The highest BCUT2D eigenvalue weighted by atomic mass is 28.3. The van der Waals surface area contributed by atoms with Gasteiger partial charge in [0.2, 0.25) is 0 Å². The second-order valence-corrected chi connectivity index (χ2v) is 16.0. The highest BCUT2D eigenvalue weighted by Crippen LogP contribution is 2.39. The number of hydrogen-bond donors (Lipinski definition) is 0. The SMILES string of the molecule is CCCCC[SiH]1CCC([SiH]2CCC(OC(=O)c3ccc(C#N)cc3)CC2)CC1. The number of esters is 1. The van der Waals surface area contributed by atoms with E-state index in [2.05, 4.69) is 13.0 Å². The molecule has 2 saturated heterocycles. The standard InChI is InChI=1S/C23H35NO2Si2/c1-2-3-4-13-27-14-11-22(12-15-27)28-16-9-21(10-17-28)26-23(25)20-7-5-19(18-24)6-8-20/h5-8,21-22,27-28H,2-4,9-17H2,1H3. The first-order chi connectivity index (χ1) is 13.7. The molecular formula is C23H35NO2Si2. The highest BCUT2D eigenvalue weighted by Gasteiger charge is 2.33. The molecule has 5 heteroatoms. The molecule has 1 aromatic rings. The van der Waals surface area contributed by atoms with Crippen LogP contribution in [0.4, 0.5) is 0 Å². The van der Waals surface area contributed by atoms with Crippen LogP contribution in [0.2, 0.25) is 35.8 Å². The number of rotatable bonds is 7. The van der Waals surface area contributed by atoms with Gasteiger partial charge in [-0.1, -0.05) is 69.2 Å². The smallest absolute Gasteiger partial charge is 0.338 e. The zero-order valence-electron chi connectivity index (χ0n) is 17.4. The van der Waals surface area contributed by atoms with E-state index in [0.29, 0.717) is 11.1 Å². The summed E-state index contributed by atoms with van der Waals surface area (Å²) in [5, 5.41) is 8.86. The Hall–Kier alpha value is -1.39. The maximum Gasteiger partial charge on any atom is 0.338 e. The van der Waals surface area contributed by atoms with Crippen molar-refractivity contribution < 1.29 is 9.53 Å². The molecule has 28 heavy (non-hydrogen) atoms. The van der Waals surface area contributed by atoms with Crippen molar-refractivity contribution in [2.75, 3.05) is 0 Å². The van der Waals surface area contributed by atoms with Crippen molar-refractivity contribution in [2.45, 2.75) is 93.7 Å². The van der Waals surface area contributed by atoms with E-state index in [9.17, 15) is 4.79 Å². The number of nitriles is 1. The molecule has 3 rings (SSSR count). The van der Waals surface area contributed by atoms with Gasteiger partial charge >= 0.3 is 5.97 Å². The number of carbonyl (C=O) groups excluding carboxylic acids is 1. The minimum absolute atomic E-state index is 0.103. The van der Waals surface area contributed by atoms with E-state index in [1.54, 1.807) is 42.4 Å². The molecule has 1 aromatic carbocycles. The lowest BCUT2D eigenvalue weighted by Crippen LogP contribution is -2.34. The third kappa shape index (κ3) is 6.05. The van der Waals surface area contributed by atoms with Crippen LogP contribution >= 0.6 is 0 Å². The van der Waals surface area contributed by atoms with Crippen LogP contribution in [0.15, 0.2) is 24.3 Å².